The number of nitrogens with zero attached hydrogens (tertiary/aromatic N) is 3. The number of hydrogen-bond acceptors (Lipinski definition) is 9. The summed E-state index contributed by atoms with van der Waals surface area (Å²) in [5.74, 6) is 1.36. The standard InChI is InChI=1S/C23H32N4O5S/c1-4-31-16-32-21-13-18(15-28)7-8-20(21)23-17(2)12-22(25-26-23)24-19-6-5-9-27(14-19)10-11-33(3,29)30/h7-8,12-13,15,19H,4-6,9-11,14,16H2,1-3H3,(H,24,25). The molecule has 1 aliphatic rings. The van der Waals surface area contributed by atoms with E-state index in [0.29, 0.717) is 36.0 Å². The van der Waals surface area contributed by atoms with E-state index in [2.05, 4.69) is 20.4 Å². The van der Waals surface area contributed by atoms with Gasteiger partial charge < -0.3 is 19.7 Å². The summed E-state index contributed by atoms with van der Waals surface area (Å²) < 4.78 is 34.0. The molecular weight excluding hydrogens is 444 g/mol. The first-order chi connectivity index (χ1) is 15.8. The van der Waals surface area contributed by atoms with Gasteiger partial charge in [0.15, 0.2) is 6.79 Å². The lowest BCUT2D eigenvalue weighted by Crippen LogP contribution is -2.43. The second-order valence-corrected chi connectivity index (χ2v) is 10.6. The van der Waals surface area contributed by atoms with Crippen molar-refractivity contribution in [3.8, 4) is 17.0 Å². The Hall–Kier alpha value is -2.56. The van der Waals surface area contributed by atoms with Crippen LogP contribution in [0.25, 0.3) is 11.3 Å². The number of nitrogens with one attached hydrogen (secondary N) is 1. The number of piperidine rings is 1. The van der Waals surface area contributed by atoms with Crippen LogP contribution in [0.1, 0.15) is 35.7 Å². The van der Waals surface area contributed by atoms with Crippen LogP contribution in [0.2, 0.25) is 0 Å². The molecule has 1 atom stereocenters. The highest BCUT2D eigenvalue weighted by Gasteiger charge is 2.21. The van der Waals surface area contributed by atoms with Crippen molar-refractivity contribution in [3.05, 3.63) is 35.4 Å². The number of aldehydes is 1. The minimum atomic E-state index is -2.97. The van der Waals surface area contributed by atoms with Crippen LogP contribution in [0.5, 0.6) is 5.75 Å². The Kier molecular flexibility index (Phi) is 8.76. The second kappa shape index (κ2) is 11.5. The van der Waals surface area contributed by atoms with Crippen molar-refractivity contribution in [1.29, 1.82) is 0 Å². The molecule has 0 bridgehead atoms. The molecule has 1 aliphatic heterocycles. The minimum Gasteiger partial charge on any atom is -0.467 e. The molecule has 180 valence electrons. The molecule has 1 saturated heterocycles. The van der Waals surface area contributed by atoms with Gasteiger partial charge in [-0.15, -0.1) is 10.2 Å². The smallest absolute Gasteiger partial charge is 0.189 e. The fourth-order valence-electron chi connectivity index (χ4n) is 3.82. The van der Waals surface area contributed by atoms with E-state index in [0.717, 1.165) is 43.3 Å². The Morgan fingerprint density at radius 1 is 1.27 bits per heavy atom. The average Bonchev–Trinajstić information content (AvgIpc) is 2.78. The lowest BCUT2D eigenvalue weighted by atomic mass is 10.0. The fourth-order valence-corrected chi connectivity index (χ4v) is 4.41. The molecule has 1 unspecified atom stereocenters. The van der Waals surface area contributed by atoms with Gasteiger partial charge in [0, 0.05) is 43.1 Å². The molecule has 1 N–H and O–H groups in total. The van der Waals surface area contributed by atoms with Gasteiger partial charge >= 0.3 is 0 Å². The van der Waals surface area contributed by atoms with Gasteiger partial charge in [0.05, 0.1) is 11.4 Å². The maximum Gasteiger partial charge on any atom is 0.189 e. The number of anilines is 1. The first-order valence-corrected chi connectivity index (χ1v) is 13.2. The summed E-state index contributed by atoms with van der Waals surface area (Å²) in [7, 11) is -2.97. The Morgan fingerprint density at radius 3 is 2.79 bits per heavy atom. The number of benzene rings is 1. The monoisotopic (exact) mass is 476 g/mol. The van der Waals surface area contributed by atoms with Crippen LogP contribution in [0.4, 0.5) is 5.82 Å². The van der Waals surface area contributed by atoms with E-state index in [-0.39, 0.29) is 18.6 Å². The third-order valence-electron chi connectivity index (χ3n) is 5.52. The molecule has 0 amide bonds. The largest absolute Gasteiger partial charge is 0.467 e. The molecule has 1 fully saturated rings. The van der Waals surface area contributed by atoms with Crippen molar-refractivity contribution in [2.24, 2.45) is 0 Å². The summed E-state index contributed by atoms with van der Waals surface area (Å²) in [5, 5.41) is 12.2. The number of rotatable bonds is 11. The molecule has 0 spiro atoms. The van der Waals surface area contributed by atoms with E-state index in [1.807, 2.05) is 19.9 Å². The Bertz CT molecular complexity index is 1060. The first-order valence-electron chi connectivity index (χ1n) is 11.1. The van der Waals surface area contributed by atoms with Gasteiger partial charge in [0.1, 0.15) is 27.7 Å². The van der Waals surface area contributed by atoms with E-state index in [9.17, 15) is 13.2 Å². The summed E-state index contributed by atoms with van der Waals surface area (Å²) in [6.07, 6.45) is 4.02. The van der Waals surface area contributed by atoms with Crippen LogP contribution in [-0.2, 0) is 14.6 Å². The third kappa shape index (κ3) is 7.48. The molecule has 1 aromatic heterocycles. The van der Waals surface area contributed by atoms with Crippen molar-refractivity contribution < 1.29 is 22.7 Å². The summed E-state index contributed by atoms with van der Waals surface area (Å²) in [5.41, 5.74) is 2.83. The highest BCUT2D eigenvalue weighted by atomic mass is 32.2. The highest BCUT2D eigenvalue weighted by molar-refractivity contribution is 7.90. The number of carbonyl (C=O) groups is 1. The van der Waals surface area contributed by atoms with E-state index in [1.165, 1.54) is 6.26 Å². The number of carbonyl (C=O) groups excluding carboxylic acids is 1. The van der Waals surface area contributed by atoms with E-state index in [4.69, 9.17) is 9.47 Å². The number of hydrogen-bond donors (Lipinski definition) is 1. The van der Waals surface area contributed by atoms with Gasteiger partial charge in [-0.1, -0.05) is 6.07 Å². The number of likely N-dealkylation sites (tertiary alicyclic amines) is 1. The van der Waals surface area contributed by atoms with Crippen LogP contribution in [0, 0.1) is 6.92 Å². The average molecular weight is 477 g/mol. The summed E-state index contributed by atoms with van der Waals surface area (Å²) >= 11 is 0. The van der Waals surface area contributed by atoms with Crippen LogP contribution < -0.4 is 10.1 Å². The number of sulfone groups is 1. The quantitative estimate of drug-likeness (QED) is 0.297. The van der Waals surface area contributed by atoms with Crippen LogP contribution >= 0.6 is 0 Å². The Morgan fingerprint density at radius 2 is 2.09 bits per heavy atom. The molecule has 0 saturated carbocycles. The number of ether oxygens (including phenoxy) is 2. The first kappa shape index (κ1) is 25.1. The molecule has 0 radical (unpaired) electrons. The summed E-state index contributed by atoms with van der Waals surface area (Å²) in [6.45, 7) is 6.64. The van der Waals surface area contributed by atoms with Crippen LogP contribution in [-0.4, -0.2) is 80.9 Å². The predicted molar refractivity (Wildman–Crippen MR) is 128 cm³/mol. The van der Waals surface area contributed by atoms with Gasteiger partial charge in [-0.05, 0) is 57.0 Å². The molecule has 3 rings (SSSR count). The molecule has 2 heterocycles. The van der Waals surface area contributed by atoms with Crippen molar-refractivity contribution in [3.63, 3.8) is 0 Å². The topological polar surface area (TPSA) is 111 Å². The van der Waals surface area contributed by atoms with E-state index in [1.54, 1.807) is 18.2 Å². The fraction of sp³-hybridized carbons (Fsp3) is 0.522. The molecular formula is C23H32N4O5S. The zero-order valence-corrected chi connectivity index (χ0v) is 20.2. The molecule has 9 nitrogen and oxygen atoms in total. The Labute approximate surface area is 195 Å². The van der Waals surface area contributed by atoms with Gasteiger partial charge in [-0.25, -0.2) is 8.42 Å². The number of aromatic nitrogens is 2. The zero-order chi connectivity index (χ0) is 23.8. The van der Waals surface area contributed by atoms with Gasteiger partial charge in [0.25, 0.3) is 0 Å². The van der Waals surface area contributed by atoms with Crippen molar-refractivity contribution >= 4 is 21.9 Å². The summed E-state index contributed by atoms with van der Waals surface area (Å²) in [6, 6.07) is 7.31. The Balaban J connectivity index is 1.72. The number of aryl methyl sites for hydroxylation is 1. The van der Waals surface area contributed by atoms with Crippen molar-refractivity contribution in [2.75, 3.05) is 50.4 Å². The van der Waals surface area contributed by atoms with Gasteiger partial charge in [-0.2, -0.15) is 0 Å². The second-order valence-electron chi connectivity index (χ2n) is 8.30. The molecule has 33 heavy (non-hydrogen) atoms. The SMILES string of the molecule is CCOCOc1cc(C=O)ccc1-c1nnc(NC2CCCN(CCS(C)(=O)=O)C2)cc1C. The lowest BCUT2D eigenvalue weighted by molar-refractivity contribution is 0.0227. The van der Waals surface area contributed by atoms with E-state index >= 15 is 0 Å². The van der Waals surface area contributed by atoms with Gasteiger partial charge in [-0.3, -0.25) is 4.79 Å². The third-order valence-corrected chi connectivity index (χ3v) is 6.44. The molecule has 0 aliphatic carbocycles. The minimum absolute atomic E-state index is 0.0788. The molecule has 1 aromatic carbocycles. The highest BCUT2D eigenvalue weighted by Crippen LogP contribution is 2.32. The van der Waals surface area contributed by atoms with Crippen LogP contribution in [0.15, 0.2) is 24.3 Å². The summed E-state index contributed by atoms with van der Waals surface area (Å²) in [4.78, 5) is 13.4. The zero-order valence-electron chi connectivity index (χ0n) is 19.4. The van der Waals surface area contributed by atoms with Crippen molar-refractivity contribution in [2.45, 2.75) is 32.7 Å². The van der Waals surface area contributed by atoms with Crippen molar-refractivity contribution in [1.82, 2.24) is 15.1 Å². The maximum absolute atomic E-state index is 11.5. The molecule has 10 heteroatoms. The maximum atomic E-state index is 11.5. The van der Waals surface area contributed by atoms with E-state index < -0.39 is 9.84 Å². The predicted octanol–water partition coefficient (Wildman–Crippen LogP) is 2.56. The molecule has 2 aromatic rings. The van der Waals surface area contributed by atoms with Gasteiger partial charge in [0.2, 0.25) is 0 Å². The van der Waals surface area contributed by atoms with Crippen LogP contribution in [0.3, 0.4) is 0 Å². The normalized spacial score (nSPS) is 17.0. The lowest BCUT2D eigenvalue weighted by Gasteiger charge is -2.33.